The highest BCUT2D eigenvalue weighted by molar-refractivity contribution is 7.89. The van der Waals surface area contributed by atoms with Crippen LogP contribution < -0.4 is 5.32 Å². The van der Waals surface area contributed by atoms with Crippen molar-refractivity contribution in [1.29, 1.82) is 0 Å². The number of sulfonamides is 1. The van der Waals surface area contributed by atoms with Crippen molar-refractivity contribution in [1.82, 2.24) is 19.2 Å². The summed E-state index contributed by atoms with van der Waals surface area (Å²) in [6, 6.07) is 14.5. The molecule has 0 saturated heterocycles. The van der Waals surface area contributed by atoms with Gasteiger partial charge in [0.15, 0.2) is 0 Å². The molecule has 0 fully saturated rings. The summed E-state index contributed by atoms with van der Waals surface area (Å²) in [4.78, 5) is 30.6. The normalized spacial score (nSPS) is 13.7. The Morgan fingerprint density at radius 3 is 2.09 bits per heavy atom. The number of rotatable bonds is 18. The van der Waals surface area contributed by atoms with Crippen LogP contribution in [0, 0.1) is 0 Å². The van der Waals surface area contributed by atoms with Gasteiger partial charge in [-0.2, -0.15) is 4.31 Å². The highest BCUT2D eigenvalue weighted by Gasteiger charge is 2.37. The average molecular weight is 661 g/mol. The second kappa shape index (κ2) is 18.2. The van der Waals surface area contributed by atoms with E-state index in [0.29, 0.717) is 5.69 Å². The van der Waals surface area contributed by atoms with E-state index in [-0.39, 0.29) is 24.3 Å². The molecule has 0 aliphatic heterocycles. The summed E-state index contributed by atoms with van der Waals surface area (Å²) in [6.07, 6.45) is 13.1. The number of carboxylic acid groups (broad SMARTS) is 1. The zero-order valence-electron chi connectivity index (χ0n) is 28.1. The minimum Gasteiger partial charge on any atom is -0.480 e. The number of carbonyl (C=O) groups excluding carboxylic acids is 1. The van der Waals surface area contributed by atoms with E-state index in [9.17, 15) is 23.1 Å². The number of nitrogens with zero attached hydrogens (tertiary/aromatic N) is 3. The second-order valence-electron chi connectivity index (χ2n) is 12.2. The quantitative estimate of drug-likeness (QED) is 0.148. The Hall–Kier alpha value is -4.28. The Labute approximate surface area is 279 Å². The molecule has 47 heavy (non-hydrogen) atoms. The molecule has 1 aromatic heterocycles. The molecule has 1 amide bonds. The van der Waals surface area contributed by atoms with Gasteiger partial charge in [0.2, 0.25) is 15.9 Å². The number of benzene rings is 2. The van der Waals surface area contributed by atoms with Gasteiger partial charge in [-0.25, -0.2) is 18.2 Å². The van der Waals surface area contributed by atoms with Crippen LogP contribution in [0.2, 0.25) is 0 Å². The van der Waals surface area contributed by atoms with Gasteiger partial charge in [-0.15, -0.1) is 0 Å². The summed E-state index contributed by atoms with van der Waals surface area (Å²) in [7, 11) is -2.45. The van der Waals surface area contributed by atoms with Gasteiger partial charge >= 0.3 is 5.97 Å². The second-order valence-corrected chi connectivity index (χ2v) is 14.1. The van der Waals surface area contributed by atoms with Gasteiger partial charge in [-0.3, -0.25) is 4.79 Å². The molecular formula is C37H48N4O5S. The summed E-state index contributed by atoms with van der Waals surface area (Å²) in [5.74, 6) is -1.89. The lowest BCUT2D eigenvalue weighted by atomic mass is 10.0. The summed E-state index contributed by atoms with van der Waals surface area (Å²) >= 11 is 0. The summed E-state index contributed by atoms with van der Waals surface area (Å²) in [6.45, 7) is 8.14. The Balaban J connectivity index is 1.95. The first-order valence-electron chi connectivity index (χ1n) is 15.9. The molecule has 1 unspecified atom stereocenters. The lowest BCUT2D eigenvalue weighted by molar-refractivity contribution is -0.142. The van der Waals surface area contributed by atoms with Gasteiger partial charge in [-0.1, -0.05) is 83.5 Å². The van der Waals surface area contributed by atoms with Crippen LogP contribution in [0.1, 0.15) is 71.1 Å². The van der Waals surface area contributed by atoms with Crippen molar-refractivity contribution in [2.45, 2.75) is 89.7 Å². The van der Waals surface area contributed by atoms with Crippen LogP contribution in [0.5, 0.6) is 0 Å². The minimum atomic E-state index is -4.20. The molecule has 3 rings (SSSR count). The van der Waals surface area contributed by atoms with Gasteiger partial charge in [0.1, 0.15) is 12.1 Å². The molecule has 0 spiro atoms. The number of aromatic nitrogens is 2. The number of imidazole rings is 1. The van der Waals surface area contributed by atoms with Gasteiger partial charge in [0.25, 0.3) is 0 Å². The third-order valence-electron chi connectivity index (χ3n) is 7.94. The van der Waals surface area contributed by atoms with Crippen molar-refractivity contribution >= 4 is 21.9 Å². The lowest BCUT2D eigenvalue weighted by Crippen LogP contribution is -2.53. The number of hydrogen-bond acceptors (Lipinski definition) is 5. The zero-order valence-corrected chi connectivity index (χ0v) is 28.9. The Morgan fingerprint density at radius 2 is 1.51 bits per heavy atom. The highest BCUT2D eigenvalue weighted by atomic mass is 32.2. The standard InChI is InChI=1S/C37H48N4O5S/c1-28(2)14-12-15-29(3)16-13-17-30(4)22-23-35(36(42)39-34(37(43)44)24-31-18-8-6-9-19-31)41(26-32-25-38-27-40(32)5)47(45,46)33-20-10-7-11-21-33/h6-11,14,16,18-22,25,27,34-35H,12-13,15,17,23-24,26H2,1-5H3,(H,39,42)(H,43,44)/b29-16+,30-22+/t34-,35?/m0/s1. The molecule has 2 atom stereocenters. The molecule has 9 nitrogen and oxygen atoms in total. The van der Waals surface area contributed by atoms with E-state index in [0.717, 1.165) is 41.1 Å². The molecule has 252 valence electrons. The molecular weight excluding hydrogens is 612 g/mol. The molecule has 0 aliphatic carbocycles. The van der Waals surface area contributed by atoms with Crippen LogP contribution in [-0.4, -0.2) is 51.3 Å². The predicted molar refractivity (Wildman–Crippen MR) is 186 cm³/mol. The maximum absolute atomic E-state index is 14.2. The van der Waals surface area contributed by atoms with Crippen molar-refractivity contribution in [3.8, 4) is 0 Å². The van der Waals surface area contributed by atoms with Gasteiger partial charge in [0, 0.05) is 19.7 Å². The van der Waals surface area contributed by atoms with Gasteiger partial charge < -0.3 is 15.0 Å². The lowest BCUT2D eigenvalue weighted by Gasteiger charge is -2.30. The summed E-state index contributed by atoms with van der Waals surface area (Å²) < 4.78 is 31.3. The van der Waals surface area contributed by atoms with Crippen LogP contribution >= 0.6 is 0 Å². The number of carbonyl (C=O) groups is 2. The molecule has 0 aliphatic rings. The Kier molecular flexibility index (Phi) is 14.4. The number of carboxylic acids is 1. The van der Waals surface area contributed by atoms with E-state index >= 15 is 0 Å². The fraction of sp³-hybridized carbons (Fsp3) is 0.378. The first-order chi connectivity index (χ1) is 22.4. The number of allylic oxidation sites excluding steroid dienone is 5. The first-order valence-corrected chi connectivity index (χ1v) is 17.4. The molecule has 10 heteroatoms. The maximum atomic E-state index is 14.2. The van der Waals surface area contributed by atoms with Crippen LogP contribution in [0.15, 0.2) is 113 Å². The number of amides is 1. The smallest absolute Gasteiger partial charge is 0.326 e. The van der Waals surface area contributed by atoms with E-state index in [2.05, 4.69) is 43.2 Å². The predicted octanol–water partition coefficient (Wildman–Crippen LogP) is 6.60. The van der Waals surface area contributed by atoms with Crippen molar-refractivity contribution in [3.05, 3.63) is 119 Å². The molecule has 2 N–H and O–H groups in total. The molecule has 1 heterocycles. The molecule has 3 aromatic rings. The topological polar surface area (TPSA) is 122 Å². The minimum absolute atomic E-state index is 0.0356. The van der Waals surface area contributed by atoms with Crippen molar-refractivity contribution < 1.29 is 23.1 Å². The van der Waals surface area contributed by atoms with E-state index in [1.807, 2.05) is 19.1 Å². The van der Waals surface area contributed by atoms with E-state index < -0.39 is 34.0 Å². The summed E-state index contributed by atoms with van der Waals surface area (Å²) in [5, 5.41) is 12.7. The molecule has 0 bridgehead atoms. The first kappa shape index (κ1) is 37.2. The number of aryl methyl sites for hydroxylation is 1. The van der Waals surface area contributed by atoms with E-state index in [4.69, 9.17) is 0 Å². The van der Waals surface area contributed by atoms with Crippen molar-refractivity contribution in [2.75, 3.05) is 0 Å². The van der Waals surface area contributed by atoms with Crippen molar-refractivity contribution in [3.63, 3.8) is 0 Å². The van der Waals surface area contributed by atoms with Crippen LogP contribution in [0.4, 0.5) is 0 Å². The fourth-order valence-electron chi connectivity index (χ4n) is 5.11. The molecule has 0 saturated carbocycles. The zero-order chi connectivity index (χ0) is 34.4. The van der Waals surface area contributed by atoms with Crippen LogP contribution in [0.25, 0.3) is 0 Å². The Bertz CT molecular complexity index is 1660. The molecule has 0 radical (unpaired) electrons. The highest BCUT2D eigenvalue weighted by Crippen LogP contribution is 2.24. The fourth-order valence-corrected chi connectivity index (χ4v) is 6.70. The number of hydrogen-bond donors (Lipinski definition) is 2. The maximum Gasteiger partial charge on any atom is 0.326 e. The monoisotopic (exact) mass is 660 g/mol. The number of nitrogens with one attached hydrogen (secondary N) is 1. The van der Waals surface area contributed by atoms with E-state index in [1.54, 1.807) is 66.6 Å². The number of aliphatic carboxylic acids is 1. The Morgan fingerprint density at radius 1 is 0.915 bits per heavy atom. The van der Waals surface area contributed by atoms with Crippen LogP contribution in [0.3, 0.4) is 0 Å². The SMILES string of the molecule is CC(C)=CCC/C(C)=C/CC/C(C)=C/CC(C(=O)N[C@@H](Cc1ccccc1)C(=O)O)N(Cc1cncn1C)S(=O)(=O)c1ccccc1. The third-order valence-corrected chi connectivity index (χ3v) is 9.81. The van der Waals surface area contributed by atoms with Crippen molar-refractivity contribution in [2.24, 2.45) is 7.05 Å². The van der Waals surface area contributed by atoms with Gasteiger partial charge in [-0.05, 0) is 77.5 Å². The van der Waals surface area contributed by atoms with Crippen LogP contribution in [-0.2, 0) is 39.6 Å². The van der Waals surface area contributed by atoms with E-state index in [1.165, 1.54) is 23.3 Å². The largest absolute Gasteiger partial charge is 0.480 e. The molecule has 2 aromatic carbocycles. The van der Waals surface area contributed by atoms with Gasteiger partial charge in [0.05, 0.1) is 23.5 Å². The third kappa shape index (κ3) is 11.8. The average Bonchev–Trinajstić information content (AvgIpc) is 3.44. The summed E-state index contributed by atoms with van der Waals surface area (Å²) in [5.41, 5.74) is 4.93.